The number of benzene rings is 3. The molecule has 1 aliphatic carbocycles. The Labute approximate surface area is 201 Å². The van der Waals surface area contributed by atoms with Crippen LogP contribution in [0.15, 0.2) is 89.8 Å². The van der Waals surface area contributed by atoms with E-state index in [0.717, 1.165) is 5.56 Å². The van der Waals surface area contributed by atoms with Gasteiger partial charge in [0.05, 0.1) is 23.7 Å². The minimum Gasteiger partial charge on any atom is -0.496 e. The van der Waals surface area contributed by atoms with Gasteiger partial charge in [-0.3, -0.25) is 8.98 Å². The number of ether oxygens (including phenoxy) is 1. The molecule has 0 saturated heterocycles. The van der Waals surface area contributed by atoms with Crippen molar-refractivity contribution in [2.75, 3.05) is 13.7 Å². The predicted octanol–water partition coefficient (Wildman–Crippen LogP) is 4.71. The van der Waals surface area contributed by atoms with E-state index in [0.29, 0.717) is 43.5 Å². The molecule has 0 unspecified atom stereocenters. The molecule has 3 aromatic carbocycles. The highest BCUT2D eigenvalue weighted by Crippen LogP contribution is 2.40. The highest BCUT2D eigenvalue weighted by molar-refractivity contribution is 7.86. The summed E-state index contributed by atoms with van der Waals surface area (Å²) >= 11 is 0. The number of carbonyl (C=O) groups excluding carboxylic acids is 1. The van der Waals surface area contributed by atoms with Gasteiger partial charge in [-0.25, -0.2) is 0 Å². The molecule has 1 saturated carbocycles. The fraction of sp³-hybridized carbons (Fsp3) is 0.296. The van der Waals surface area contributed by atoms with Crippen LogP contribution in [-0.2, 0) is 19.7 Å². The van der Waals surface area contributed by atoms with Crippen molar-refractivity contribution in [3.8, 4) is 5.75 Å². The minimum absolute atomic E-state index is 0.166. The number of nitrogens with one attached hydrogen (secondary N) is 1. The third-order valence-corrected chi connectivity index (χ3v) is 7.88. The zero-order valence-electron chi connectivity index (χ0n) is 19.1. The van der Waals surface area contributed by atoms with Crippen molar-refractivity contribution in [3.05, 3.63) is 96.1 Å². The van der Waals surface area contributed by atoms with Gasteiger partial charge in [0.1, 0.15) is 5.75 Å². The van der Waals surface area contributed by atoms with E-state index in [-0.39, 0.29) is 16.2 Å². The van der Waals surface area contributed by atoms with Crippen molar-refractivity contribution in [1.29, 1.82) is 0 Å². The van der Waals surface area contributed by atoms with Gasteiger partial charge in [0, 0.05) is 12.0 Å². The molecule has 0 bridgehead atoms. The molecule has 178 valence electrons. The number of hydrogen-bond acceptors (Lipinski definition) is 5. The van der Waals surface area contributed by atoms with Crippen LogP contribution in [-0.4, -0.2) is 34.1 Å². The predicted molar refractivity (Wildman–Crippen MR) is 130 cm³/mol. The molecule has 1 N–H and O–H groups in total. The summed E-state index contributed by atoms with van der Waals surface area (Å²) in [5, 5.41) is 3.09. The van der Waals surface area contributed by atoms with Crippen LogP contribution in [0.25, 0.3) is 0 Å². The Hall–Kier alpha value is -3.16. The molecule has 1 aliphatic rings. The largest absolute Gasteiger partial charge is 0.496 e. The molecule has 0 aromatic heterocycles. The average molecular weight is 480 g/mol. The lowest BCUT2D eigenvalue weighted by molar-refractivity contribution is 0.0907. The SMILES string of the molecule is COc1ccccc1C(=O)NCC1(c2ccccc2)CCC(OS(=O)(=O)c2ccccc2)CC1. The maximum Gasteiger partial charge on any atom is 0.297 e. The molecule has 3 aromatic rings. The molecule has 0 aliphatic heterocycles. The summed E-state index contributed by atoms with van der Waals surface area (Å²) in [4.78, 5) is 13.1. The third kappa shape index (κ3) is 5.32. The molecule has 1 fully saturated rings. The first-order chi connectivity index (χ1) is 16.4. The summed E-state index contributed by atoms with van der Waals surface area (Å²) in [5.41, 5.74) is 1.30. The summed E-state index contributed by atoms with van der Waals surface area (Å²) in [6.07, 6.45) is 2.14. The lowest BCUT2D eigenvalue weighted by Crippen LogP contribution is -2.44. The highest BCUT2D eigenvalue weighted by Gasteiger charge is 2.39. The zero-order chi connectivity index (χ0) is 24.0. The van der Waals surface area contributed by atoms with Crippen LogP contribution >= 0.6 is 0 Å². The molecular formula is C27H29NO5S. The van der Waals surface area contributed by atoms with Crippen molar-refractivity contribution in [2.45, 2.75) is 42.1 Å². The van der Waals surface area contributed by atoms with Crippen molar-refractivity contribution in [3.63, 3.8) is 0 Å². The summed E-state index contributed by atoms with van der Waals surface area (Å²) in [7, 11) is -2.27. The number of methoxy groups -OCH3 is 1. The average Bonchev–Trinajstić information content (AvgIpc) is 2.89. The van der Waals surface area contributed by atoms with Crippen molar-refractivity contribution < 1.29 is 22.1 Å². The second-order valence-corrected chi connectivity index (χ2v) is 10.2. The van der Waals surface area contributed by atoms with Gasteiger partial charge in [-0.15, -0.1) is 0 Å². The third-order valence-electron chi connectivity index (χ3n) is 6.51. The molecule has 1 amide bonds. The molecule has 0 heterocycles. The number of carbonyl (C=O) groups is 1. The Bertz CT molecular complexity index is 1200. The van der Waals surface area contributed by atoms with E-state index in [1.807, 2.05) is 24.3 Å². The maximum atomic E-state index is 13.0. The van der Waals surface area contributed by atoms with E-state index in [4.69, 9.17) is 8.92 Å². The topological polar surface area (TPSA) is 81.7 Å². The Morgan fingerprint density at radius 1 is 0.912 bits per heavy atom. The molecule has 6 nitrogen and oxygen atoms in total. The summed E-state index contributed by atoms with van der Waals surface area (Å²) in [6, 6.07) is 25.4. The normalized spacial score (nSPS) is 20.4. The molecular weight excluding hydrogens is 450 g/mol. The van der Waals surface area contributed by atoms with E-state index >= 15 is 0 Å². The van der Waals surface area contributed by atoms with Crippen LogP contribution in [0, 0.1) is 0 Å². The fourth-order valence-corrected chi connectivity index (χ4v) is 5.75. The first-order valence-corrected chi connectivity index (χ1v) is 12.8. The van der Waals surface area contributed by atoms with E-state index in [9.17, 15) is 13.2 Å². The molecule has 34 heavy (non-hydrogen) atoms. The van der Waals surface area contributed by atoms with Gasteiger partial charge >= 0.3 is 0 Å². The van der Waals surface area contributed by atoms with Crippen molar-refractivity contribution in [1.82, 2.24) is 5.32 Å². The molecule has 0 radical (unpaired) electrons. The Kier molecular flexibility index (Phi) is 7.34. The lowest BCUT2D eigenvalue weighted by atomic mass is 9.68. The number of hydrogen-bond donors (Lipinski definition) is 1. The van der Waals surface area contributed by atoms with Crippen LogP contribution in [0.5, 0.6) is 5.75 Å². The monoisotopic (exact) mass is 479 g/mol. The van der Waals surface area contributed by atoms with Crippen LogP contribution in [0.1, 0.15) is 41.6 Å². The molecule has 4 rings (SSSR count). The van der Waals surface area contributed by atoms with Crippen molar-refractivity contribution in [2.24, 2.45) is 0 Å². The van der Waals surface area contributed by atoms with Gasteiger partial charge in [0.25, 0.3) is 16.0 Å². The second kappa shape index (κ2) is 10.4. The summed E-state index contributed by atoms with van der Waals surface area (Å²) < 4.78 is 36.3. The summed E-state index contributed by atoms with van der Waals surface area (Å²) in [6.45, 7) is 0.437. The van der Waals surface area contributed by atoms with Gasteiger partial charge in [-0.05, 0) is 55.5 Å². The Morgan fingerprint density at radius 3 is 2.15 bits per heavy atom. The van der Waals surface area contributed by atoms with Crippen molar-refractivity contribution >= 4 is 16.0 Å². The number of rotatable bonds is 8. The van der Waals surface area contributed by atoms with Gasteiger partial charge in [0.15, 0.2) is 0 Å². The Morgan fingerprint density at radius 2 is 1.50 bits per heavy atom. The van der Waals surface area contributed by atoms with E-state index < -0.39 is 16.2 Å². The standard InChI is InChI=1S/C27H29NO5S/c1-32-25-15-9-8-14-24(25)26(29)28-20-27(21-10-4-2-5-11-21)18-16-22(17-19-27)33-34(30,31)23-12-6-3-7-13-23/h2-15,22H,16-20H2,1H3,(H,28,29). The smallest absolute Gasteiger partial charge is 0.297 e. The van der Waals surface area contributed by atoms with Crippen LogP contribution < -0.4 is 10.1 Å². The van der Waals surface area contributed by atoms with Gasteiger partial charge in [-0.1, -0.05) is 60.7 Å². The molecule has 0 atom stereocenters. The number of para-hydroxylation sites is 1. The van der Waals surface area contributed by atoms with E-state index in [2.05, 4.69) is 17.4 Å². The molecule has 0 spiro atoms. The Balaban J connectivity index is 1.48. The summed E-state index contributed by atoms with van der Waals surface area (Å²) in [5.74, 6) is 0.328. The van der Waals surface area contributed by atoms with Gasteiger partial charge in [0.2, 0.25) is 0 Å². The fourth-order valence-electron chi connectivity index (χ4n) is 4.60. The van der Waals surface area contributed by atoms with E-state index in [1.165, 1.54) is 0 Å². The molecule has 7 heteroatoms. The lowest BCUT2D eigenvalue weighted by Gasteiger charge is -2.40. The van der Waals surface area contributed by atoms with Crippen LogP contribution in [0.3, 0.4) is 0 Å². The van der Waals surface area contributed by atoms with Crippen LogP contribution in [0.4, 0.5) is 0 Å². The minimum atomic E-state index is -3.81. The van der Waals surface area contributed by atoms with E-state index in [1.54, 1.807) is 55.6 Å². The van der Waals surface area contributed by atoms with Gasteiger partial charge in [-0.2, -0.15) is 8.42 Å². The highest BCUT2D eigenvalue weighted by atomic mass is 32.2. The van der Waals surface area contributed by atoms with Crippen LogP contribution in [0.2, 0.25) is 0 Å². The second-order valence-electron chi connectivity index (χ2n) is 8.59. The quantitative estimate of drug-likeness (QED) is 0.473. The zero-order valence-corrected chi connectivity index (χ0v) is 20.0. The first-order valence-electron chi connectivity index (χ1n) is 11.4. The number of amides is 1. The van der Waals surface area contributed by atoms with Gasteiger partial charge < -0.3 is 10.1 Å². The first kappa shape index (κ1) is 24.0. The maximum absolute atomic E-state index is 13.0.